The van der Waals surface area contributed by atoms with E-state index in [4.69, 9.17) is 11.0 Å². The fourth-order valence-electron chi connectivity index (χ4n) is 1.03. The average Bonchev–Trinajstić information content (AvgIpc) is 2.16. The molecule has 4 nitrogen and oxygen atoms in total. The molecular weight excluding hydrogens is 192 g/mol. The number of pyridine rings is 1. The summed E-state index contributed by atoms with van der Waals surface area (Å²) in [7, 11) is 1.19. The summed E-state index contributed by atoms with van der Waals surface area (Å²) < 4.78 is 29.5. The summed E-state index contributed by atoms with van der Waals surface area (Å²) in [6.07, 6.45) is -2.75. The van der Waals surface area contributed by atoms with Crippen LogP contribution in [0.3, 0.4) is 0 Å². The zero-order chi connectivity index (χ0) is 10.7. The maximum atomic E-state index is 12.4. The number of nitrogen functional groups attached to an aromatic ring is 1. The van der Waals surface area contributed by atoms with Crippen molar-refractivity contribution < 1.29 is 13.5 Å². The maximum Gasteiger partial charge on any atom is 0.267 e. The SMILES string of the molecule is COc1c(C(F)F)cc(N)nc1C#N. The smallest absolute Gasteiger partial charge is 0.267 e. The second kappa shape index (κ2) is 3.87. The van der Waals surface area contributed by atoms with Gasteiger partial charge in [0, 0.05) is 0 Å². The number of hydrogen-bond acceptors (Lipinski definition) is 4. The number of hydrogen-bond donors (Lipinski definition) is 1. The van der Waals surface area contributed by atoms with Crippen molar-refractivity contribution >= 4 is 5.82 Å². The van der Waals surface area contributed by atoms with Gasteiger partial charge in [0.1, 0.15) is 11.9 Å². The molecule has 1 aromatic heterocycles. The molecular formula is C8H7F2N3O. The molecule has 6 heteroatoms. The van der Waals surface area contributed by atoms with Crippen molar-refractivity contribution in [1.29, 1.82) is 5.26 Å². The second-order valence-corrected chi connectivity index (χ2v) is 2.43. The number of rotatable bonds is 2. The fraction of sp³-hybridized carbons (Fsp3) is 0.250. The lowest BCUT2D eigenvalue weighted by Crippen LogP contribution is -2.02. The first kappa shape index (κ1) is 10.2. The van der Waals surface area contributed by atoms with Gasteiger partial charge in [0.2, 0.25) is 0 Å². The highest BCUT2D eigenvalue weighted by molar-refractivity contribution is 5.50. The number of nitrogens with two attached hydrogens (primary N) is 1. The number of halogens is 2. The Labute approximate surface area is 78.9 Å². The van der Waals surface area contributed by atoms with E-state index in [0.717, 1.165) is 6.07 Å². The quantitative estimate of drug-likeness (QED) is 0.782. The van der Waals surface area contributed by atoms with Crippen molar-refractivity contribution in [2.24, 2.45) is 0 Å². The first-order valence-electron chi connectivity index (χ1n) is 3.62. The Hall–Kier alpha value is -1.90. The fourth-order valence-corrected chi connectivity index (χ4v) is 1.03. The minimum atomic E-state index is -2.75. The molecule has 74 valence electrons. The summed E-state index contributed by atoms with van der Waals surface area (Å²) >= 11 is 0. The summed E-state index contributed by atoms with van der Waals surface area (Å²) in [4.78, 5) is 3.56. The molecule has 0 unspecified atom stereocenters. The van der Waals surface area contributed by atoms with Crippen LogP contribution < -0.4 is 10.5 Å². The van der Waals surface area contributed by atoms with Crippen molar-refractivity contribution in [1.82, 2.24) is 4.98 Å². The van der Waals surface area contributed by atoms with Crippen molar-refractivity contribution in [2.45, 2.75) is 6.43 Å². The lowest BCUT2D eigenvalue weighted by atomic mass is 10.2. The van der Waals surface area contributed by atoms with Crippen LogP contribution in [0, 0.1) is 11.3 Å². The van der Waals surface area contributed by atoms with E-state index in [2.05, 4.69) is 9.72 Å². The van der Waals surface area contributed by atoms with E-state index < -0.39 is 12.0 Å². The third-order valence-electron chi connectivity index (χ3n) is 1.57. The predicted octanol–water partition coefficient (Wildman–Crippen LogP) is 1.48. The van der Waals surface area contributed by atoms with Crippen LogP contribution in [-0.4, -0.2) is 12.1 Å². The molecule has 0 spiro atoms. The number of nitrogens with zero attached hydrogens (tertiary/aromatic N) is 2. The van der Waals surface area contributed by atoms with Crippen LogP contribution >= 0.6 is 0 Å². The van der Waals surface area contributed by atoms with Crippen molar-refractivity contribution in [2.75, 3.05) is 12.8 Å². The Balaban J connectivity index is 3.41. The maximum absolute atomic E-state index is 12.4. The molecule has 1 heterocycles. The van der Waals surface area contributed by atoms with Crippen molar-refractivity contribution in [3.63, 3.8) is 0 Å². The normalized spacial score (nSPS) is 9.93. The van der Waals surface area contributed by atoms with Gasteiger partial charge in [-0.25, -0.2) is 13.8 Å². The van der Waals surface area contributed by atoms with Gasteiger partial charge in [0.25, 0.3) is 6.43 Å². The monoisotopic (exact) mass is 199 g/mol. The van der Waals surface area contributed by atoms with Gasteiger partial charge >= 0.3 is 0 Å². The molecule has 0 radical (unpaired) electrons. The van der Waals surface area contributed by atoms with Crippen LogP contribution in [0.2, 0.25) is 0 Å². The molecule has 0 aliphatic carbocycles. The second-order valence-electron chi connectivity index (χ2n) is 2.43. The molecule has 0 bridgehead atoms. The van der Waals surface area contributed by atoms with Crippen LogP contribution in [0.4, 0.5) is 14.6 Å². The third-order valence-corrected chi connectivity index (χ3v) is 1.57. The minimum absolute atomic E-state index is 0.127. The molecule has 0 aromatic carbocycles. The molecule has 1 aromatic rings. The van der Waals surface area contributed by atoms with Gasteiger partial charge < -0.3 is 10.5 Å². The first-order valence-corrected chi connectivity index (χ1v) is 3.62. The van der Waals surface area contributed by atoms with Crippen LogP contribution in [-0.2, 0) is 0 Å². The first-order chi connectivity index (χ1) is 6.60. The Morgan fingerprint density at radius 2 is 2.29 bits per heavy atom. The largest absolute Gasteiger partial charge is 0.493 e. The molecule has 0 fully saturated rings. The Morgan fingerprint density at radius 3 is 2.71 bits per heavy atom. The van der Waals surface area contributed by atoms with E-state index >= 15 is 0 Å². The molecule has 2 N–H and O–H groups in total. The van der Waals surface area contributed by atoms with Gasteiger partial charge in [-0.1, -0.05) is 0 Å². The number of alkyl halides is 2. The molecule has 0 aliphatic heterocycles. The summed E-state index contributed by atoms with van der Waals surface area (Å²) in [6, 6.07) is 2.62. The topological polar surface area (TPSA) is 71.9 Å². The number of aromatic nitrogens is 1. The number of nitriles is 1. The highest BCUT2D eigenvalue weighted by Crippen LogP contribution is 2.31. The molecule has 0 amide bonds. The van der Waals surface area contributed by atoms with E-state index in [0.29, 0.717) is 0 Å². The minimum Gasteiger partial charge on any atom is -0.493 e. The lowest BCUT2D eigenvalue weighted by Gasteiger charge is -2.09. The van der Waals surface area contributed by atoms with Gasteiger partial charge in [0.15, 0.2) is 11.4 Å². The van der Waals surface area contributed by atoms with Gasteiger partial charge in [0.05, 0.1) is 12.7 Å². The molecule has 0 atom stereocenters. The van der Waals surface area contributed by atoms with E-state index in [-0.39, 0.29) is 17.3 Å². The van der Waals surface area contributed by atoms with Crippen molar-refractivity contribution in [3.8, 4) is 11.8 Å². The standard InChI is InChI=1S/C8H7F2N3O/c1-14-7-4(8(9)10)2-6(12)13-5(7)3-11/h2,8H,1H3,(H2,12,13). The Kier molecular flexibility index (Phi) is 2.82. The van der Waals surface area contributed by atoms with Gasteiger partial charge in [-0.05, 0) is 6.07 Å². The van der Waals surface area contributed by atoms with E-state index in [1.807, 2.05) is 0 Å². The third kappa shape index (κ3) is 1.71. The predicted molar refractivity (Wildman–Crippen MR) is 44.9 cm³/mol. The summed E-state index contributed by atoms with van der Waals surface area (Å²) in [5.74, 6) is -0.352. The number of anilines is 1. The molecule has 0 saturated carbocycles. The zero-order valence-electron chi connectivity index (χ0n) is 7.29. The zero-order valence-corrected chi connectivity index (χ0v) is 7.29. The Bertz CT molecular complexity index is 387. The molecule has 1 rings (SSSR count). The van der Waals surface area contributed by atoms with E-state index in [1.54, 1.807) is 6.07 Å². The number of methoxy groups -OCH3 is 1. The molecule has 0 aliphatic rings. The van der Waals surface area contributed by atoms with Crippen LogP contribution in [0.1, 0.15) is 17.7 Å². The van der Waals surface area contributed by atoms with Gasteiger partial charge in [-0.3, -0.25) is 0 Å². The van der Waals surface area contributed by atoms with Crippen LogP contribution in [0.15, 0.2) is 6.07 Å². The van der Waals surface area contributed by atoms with Crippen molar-refractivity contribution in [3.05, 3.63) is 17.3 Å². The summed E-state index contributed by atoms with van der Waals surface area (Å²) in [5.41, 5.74) is 4.59. The highest BCUT2D eigenvalue weighted by atomic mass is 19.3. The van der Waals surface area contributed by atoms with Gasteiger partial charge in [-0.15, -0.1) is 0 Å². The lowest BCUT2D eigenvalue weighted by molar-refractivity contribution is 0.147. The number of ether oxygens (including phenoxy) is 1. The Morgan fingerprint density at radius 1 is 1.64 bits per heavy atom. The van der Waals surface area contributed by atoms with E-state index in [1.165, 1.54) is 7.11 Å². The summed E-state index contributed by atoms with van der Waals surface area (Å²) in [5, 5.41) is 8.59. The van der Waals surface area contributed by atoms with E-state index in [9.17, 15) is 8.78 Å². The van der Waals surface area contributed by atoms with Crippen LogP contribution in [0.25, 0.3) is 0 Å². The highest BCUT2D eigenvalue weighted by Gasteiger charge is 2.19. The summed E-state index contributed by atoms with van der Waals surface area (Å²) in [6.45, 7) is 0. The molecule has 0 saturated heterocycles. The van der Waals surface area contributed by atoms with Crippen LogP contribution in [0.5, 0.6) is 5.75 Å². The average molecular weight is 199 g/mol. The molecule has 14 heavy (non-hydrogen) atoms. The van der Waals surface area contributed by atoms with Gasteiger partial charge in [-0.2, -0.15) is 5.26 Å².